The van der Waals surface area contributed by atoms with Crippen molar-refractivity contribution in [3.8, 4) is 11.1 Å². The Morgan fingerprint density at radius 3 is 2.71 bits per heavy atom. The molecule has 4 aromatic heterocycles. The number of likely N-dealkylation sites (tertiary alicyclic amines) is 1. The van der Waals surface area contributed by atoms with Crippen molar-refractivity contribution in [3.63, 3.8) is 0 Å². The first kappa shape index (κ1) is 25.4. The van der Waals surface area contributed by atoms with E-state index in [1.165, 1.54) is 10.8 Å². The Balaban J connectivity index is 1.57. The van der Waals surface area contributed by atoms with Gasteiger partial charge in [0.2, 0.25) is 5.43 Å². The predicted molar refractivity (Wildman–Crippen MR) is 153 cm³/mol. The smallest absolute Gasteiger partial charge is 0.341 e. The van der Waals surface area contributed by atoms with Crippen molar-refractivity contribution in [2.45, 2.75) is 12.5 Å². The molecule has 1 aromatic carbocycles. The molecular formula is C29H27F2N7O3. The number of fused-ring (bicyclic) bond motifs is 5. The van der Waals surface area contributed by atoms with Gasteiger partial charge < -0.3 is 29.8 Å². The van der Waals surface area contributed by atoms with Gasteiger partial charge in [-0.15, -0.1) is 0 Å². The van der Waals surface area contributed by atoms with Crippen LogP contribution in [-0.4, -0.2) is 75.3 Å². The van der Waals surface area contributed by atoms with Gasteiger partial charge >= 0.3 is 5.97 Å². The number of H-pyrrole nitrogens is 1. The van der Waals surface area contributed by atoms with Crippen molar-refractivity contribution in [2.75, 3.05) is 43.9 Å². The van der Waals surface area contributed by atoms with Crippen LogP contribution in [0.15, 0.2) is 35.5 Å². The number of nitrogens with one attached hydrogen (secondary N) is 2. The molecule has 0 spiro atoms. The molecule has 1 unspecified atom stereocenters. The van der Waals surface area contributed by atoms with Gasteiger partial charge in [0.15, 0.2) is 11.6 Å². The van der Waals surface area contributed by atoms with Gasteiger partial charge in [0, 0.05) is 75.6 Å². The van der Waals surface area contributed by atoms with Crippen LogP contribution < -0.4 is 15.6 Å². The van der Waals surface area contributed by atoms with Crippen molar-refractivity contribution in [1.29, 1.82) is 0 Å². The molecule has 0 radical (unpaired) electrons. The number of halogens is 2. The lowest BCUT2D eigenvalue weighted by atomic mass is 9.99. The van der Waals surface area contributed by atoms with Crippen LogP contribution in [0.4, 0.5) is 20.2 Å². The number of rotatable bonds is 4. The highest BCUT2D eigenvalue weighted by atomic mass is 19.2. The maximum Gasteiger partial charge on any atom is 0.341 e. The third-order valence-corrected chi connectivity index (χ3v) is 8.61. The van der Waals surface area contributed by atoms with Crippen LogP contribution in [0, 0.1) is 17.6 Å². The van der Waals surface area contributed by atoms with E-state index in [0.717, 1.165) is 25.6 Å². The number of aryl methyl sites for hydroxylation is 1. The highest BCUT2D eigenvalue weighted by Crippen LogP contribution is 2.46. The topological polar surface area (TPSA) is 119 Å². The molecule has 0 amide bonds. The summed E-state index contributed by atoms with van der Waals surface area (Å²) < 4.78 is 32.0. The number of aromatic amines is 1. The van der Waals surface area contributed by atoms with E-state index in [-0.39, 0.29) is 22.4 Å². The van der Waals surface area contributed by atoms with Crippen LogP contribution in [0.2, 0.25) is 0 Å². The Kier molecular flexibility index (Phi) is 5.55. The number of carboxylic acids is 1. The molecule has 5 aromatic rings. The molecule has 210 valence electrons. The first-order valence-electron chi connectivity index (χ1n) is 13.4. The fraction of sp³-hybridized carbons (Fsp3) is 0.310. The monoisotopic (exact) mass is 559 g/mol. The first-order valence-corrected chi connectivity index (χ1v) is 13.4. The number of anilines is 2. The lowest BCUT2D eigenvalue weighted by Gasteiger charge is -2.29. The fourth-order valence-electron chi connectivity index (χ4n) is 6.76. The summed E-state index contributed by atoms with van der Waals surface area (Å²) in [5, 5.41) is 13.2. The molecule has 2 fully saturated rings. The molecule has 12 heteroatoms. The average molecular weight is 560 g/mol. The summed E-state index contributed by atoms with van der Waals surface area (Å²) in [7, 11) is 5.34. The summed E-state index contributed by atoms with van der Waals surface area (Å²) in [5.41, 5.74) is 2.35. The van der Waals surface area contributed by atoms with Gasteiger partial charge in [-0.25, -0.2) is 23.5 Å². The molecule has 2 aliphatic heterocycles. The number of benzene rings is 1. The second-order valence-corrected chi connectivity index (χ2v) is 11.0. The number of nitrogens with zero attached hydrogens (tertiary/aromatic N) is 5. The second-order valence-electron chi connectivity index (χ2n) is 11.0. The zero-order valence-electron chi connectivity index (χ0n) is 22.6. The standard InChI is InChI=1S/C29H27F2N7O3/c1-32-19-7-18(30)23(31)21-22-25(38-5-4-13-10-36(2)12-20(13)38)16(9-33-27(22)35-24(19)21)14-6-15-26(39)17(29(40)41)11-37(3)28(15)34-8-14/h6-9,11,13,20,32H,4-5,10,12H2,1-3H3,(H,33,35)(H,40,41)/t13?,20-/m1/s1. The van der Waals surface area contributed by atoms with E-state index in [4.69, 9.17) is 0 Å². The average Bonchev–Trinajstić information content (AvgIpc) is 3.64. The van der Waals surface area contributed by atoms with E-state index in [1.54, 1.807) is 32.6 Å². The molecule has 0 saturated carbocycles. The van der Waals surface area contributed by atoms with Gasteiger partial charge in [-0.05, 0) is 25.5 Å². The van der Waals surface area contributed by atoms with Gasteiger partial charge in [-0.1, -0.05) is 0 Å². The van der Waals surface area contributed by atoms with Gasteiger partial charge in [-0.3, -0.25) is 4.79 Å². The Hall–Kier alpha value is -4.58. The number of carbonyl (C=O) groups is 1. The molecule has 2 aliphatic rings. The predicted octanol–water partition coefficient (Wildman–Crippen LogP) is 3.79. The normalized spacial score (nSPS) is 19.1. The molecule has 41 heavy (non-hydrogen) atoms. The Bertz CT molecular complexity index is 1990. The number of hydrogen-bond donors (Lipinski definition) is 3. The maximum absolute atomic E-state index is 15.6. The SMILES string of the molecule is CNc1cc(F)c(F)c2c1[nH]c1ncc(-c3cnc4c(c3)c(=O)c(C(=O)O)cn4C)c(N3CCC4CN(C)C[C@H]43)c12. The molecule has 2 saturated heterocycles. The molecule has 0 bridgehead atoms. The van der Waals surface area contributed by atoms with Crippen molar-refractivity contribution in [1.82, 2.24) is 24.4 Å². The van der Waals surface area contributed by atoms with Crippen molar-refractivity contribution < 1.29 is 18.7 Å². The number of likely N-dealkylation sites (N-methyl/N-ethyl adjacent to an activating group) is 1. The van der Waals surface area contributed by atoms with Crippen molar-refractivity contribution >= 4 is 50.3 Å². The number of hydrogen-bond acceptors (Lipinski definition) is 7. The van der Waals surface area contributed by atoms with Gasteiger partial charge in [0.25, 0.3) is 0 Å². The van der Waals surface area contributed by atoms with Crippen LogP contribution in [0.1, 0.15) is 16.8 Å². The maximum atomic E-state index is 15.6. The highest BCUT2D eigenvalue weighted by molar-refractivity contribution is 6.18. The molecule has 7 rings (SSSR count). The summed E-state index contributed by atoms with van der Waals surface area (Å²) in [6.07, 6.45) is 5.45. The van der Waals surface area contributed by atoms with Gasteiger partial charge in [0.1, 0.15) is 16.9 Å². The van der Waals surface area contributed by atoms with E-state index < -0.39 is 23.0 Å². The molecule has 6 heterocycles. The fourth-order valence-corrected chi connectivity index (χ4v) is 6.76. The highest BCUT2D eigenvalue weighted by Gasteiger charge is 2.42. The minimum Gasteiger partial charge on any atom is -0.477 e. The Labute approximate surface area is 232 Å². The van der Waals surface area contributed by atoms with Crippen LogP contribution in [0.5, 0.6) is 0 Å². The Morgan fingerprint density at radius 2 is 1.95 bits per heavy atom. The van der Waals surface area contributed by atoms with E-state index >= 15 is 4.39 Å². The summed E-state index contributed by atoms with van der Waals surface area (Å²) >= 11 is 0. The zero-order chi connectivity index (χ0) is 28.7. The van der Waals surface area contributed by atoms with E-state index in [9.17, 15) is 19.1 Å². The second kappa shape index (κ2) is 8.96. The summed E-state index contributed by atoms with van der Waals surface area (Å²) in [4.78, 5) is 41.8. The van der Waals surface area contributed by atoms with Crippen LogP contribution in [0.25, 0.3) is 44.1 Å². The molecular weight excluding hydrogens is 532 g/mol. The molecule has 2 atom stereocenters. The quantitative estimate of drug-likeness (QED) is 0.304. The summed E-state index contributed by atoms with van der Waals surface area (Å²) in [5.74, 6) is -2.86. The summed E-state index contributed by atoms with van der Waals surface area (Å²) in [6, 6.07) is 2.88. The third-order valence-electron chi connectivity index (χ3n) is 8.61. The summed E-state index contributed by atoms with van der Waals surface area (Å²) in [6.45, 7) is 2.47. The third kappa shape index (κ3) is 3.63. The first-order chi connectivity index (χ1) is 19.7. The van der Waals surface area contributed by atoms with Crippen LogP contribution in [-0.2, 0) is 7.05 Å². The van der Waals surface area contributed by atoms with Crippen molar-refractivity contribution in [3.05, 3.63) is 58.1 Å². The minimum absolute atomic E-state index is 0.0985. The van der Waals surface area contributed by atoms with Gasteiger partial charge in [-0.2, -0.15) is 0 Å². The van der Waals surface area contributed by atoms with Crippen molar-refractivity contribution in [2.24, 2.45) is 13.0 Å². The molecule has 0 aliphatic carbocycles. The van der Waals surface area contributed by atoms with Crippen LogP contribution >= 0.6 is 0 Å². The Morgan fingerprint density at radius 1 is 1.15 bits per heavy atom. The van der Waals surface area contributed by atoms with E-state index in [2.05, 4.69) is 37.1 Å². The lowest BCUT2D eigenvalue weighted by molar-refractivity contribution is 0.0695. The van der Waals surface area contributed by atoms with E-state index in [1.807, 2.05) is 0 Å². The number of pyridine rings is 3. The molecule has 10 nitrogen and oxygen atoms in total. The minimum atomic E-state index is -1.33. The number of aromatic carboxylic acids is 1. The zero-order valence-corrected chi connectivity index (χ0v) is 22.6. The largest absolute Gasteiger partial charge is 0.477 e. The number of aromatic nitrogens is 4. The van der Waals surface area contributed by atoms with Crippen LogP contribution in [0.3, 0.4) is 0 Å². The molecule has 3 N–H and O–H groups in total. The number of carboxylic acid groups (broad SMARTS) is 1. The van der Waals surface area contributed by atoms with E-state index in [0.29, 0.717) is 57.2 Å². The lowest BCUT2D eigenvalue weighted by Crippen LogP contribution is -2.35. The van der Waals surface area contributed by atoms with Gasteiger partial charge in [0.05, 0.1) is 33.1 Å².